The smallest absolute Gasteiger partial charge is 0.243 e. The topological polar surface area (TPSA) is 112 Å². The Morgan fingerprint density at radius 2 is 1.75 bits per heavy atom. The fraction of sp³-hybridized carbons (Fsp3) is 0.148. The van der Waals surface area contributed by atoms with Gasteiger partial charge in [0.05, 0.1) is 27.8 Å². The number of primary amides is 1. The van der Waals surface area contributed by atoms with Gasteiger partial charge in [-0.15, -0.1) is 0 Å². The van der Waals surface area contributed by atoms with Gasteiger partial charge in [-0.2, -0.15) is 0 Å². The molecule has 0 saturated heterocycles. The van der Waals surface area contributed by atoms with Gasteiger partial charge < -0.3 is 15.8 Å². The van der Waals surface area contributed by atoms with E-state index in [0.717, 1.165) is 10.9 Å². The predicted octanol–water partition coefficient (Wildman–Crippen LogP) is 5.69. The minimum Gasteiger partial charge on any atom is -0.494 e. The Morgan fingerprint density at radius 1 is 1.08 bits per heavy atom. The van der Waals surface area contributed by atoms with Gasteiger partial charge in [-0.1, -0.05) is 63.9 Å². The number of carbonyl (C=O) groups excluding carboxylic acids is 2. The predicted molar refractivity (Wildman–Crippen MR) is 148 cm³/mol. The molecule has 2 amide bonds. The lowest BCUT2D eigenvalue weighted by molar-refractivity contribution is -0.126. The van der Waals surface area contributed by atoms with E-state index in [9.17, 15) is 14.7 Å². The number of carbonyl (C=O) groups is 2. The lowest BCUT2D eigenvalue weighted by atomic mass is 10.00. The Balaban J connectivity index is 1.84. The second-order valence-electron chi connectivity index (χ2n) is 8.67. The highest BCUT2D eigenvalue weighted by molar-refractivity contribution is 9.09. The number of nitrogens with zero attached hydrogens (tertiary/aromatic N) is 2. The third-order valence-corrected chi connectivity index (χ3v) is 6.61. The Kier molecular flexibility index (Phi) is 7.19. The number of amides is 2. The van der Waals surface area contributed by atoms with Gasteiger partial charge in [0.15, 0.2) is 5.88 Å². The maximum Gasteiger partial charge on any atom is 0.243 e. The summed E-state index contributed by atoms with van der Waals surface area (Å²) in [5.41, 5.74) is 8.03. The number of halogens is 2. The summed E-state index contributed by atoms with van der Waals surface area (Å²) < 4.78 is 0. The van der Waals surface area contributed by atoms with Gasteiger partial charge in [-0.05, 0) is 50.2 Å². The molecule has 36 heavy (non-hydrogen) atoms. The first-order chi connectivity index (χ1) is 17.1. The molecule has 1 aromatic heterocycles. The van der Waals surface area contributed by atoms with Crippen LogP contribution in [0.4, 0.5) is 11.4 Å². The number of hydrogen-bond acceptors (Lipinski definition) is 4. The third kappa shape index (κ3) is 4.87. The average molecular weight is 568 g/mol. The van der Waals surface area contributed by atoms with Crippen molar-refractivity contribution in [2.75, 3.05) is 10.2 Å². The molecule has 0 unspecified atom stereocenters. The minimum absolute atomic E-state index is 0.0243. The lowest BCUT2D eigenvalue weighted by Gasteiger charge is -2.35. The van der Waals surface area contributed by atoms with E-state index in [4.69, 9.17) is 22.3 Å². The molecule has 184 valence electrons. The van der Waals surface area contributed by atoms with Crippen LogP contribution in [-0.2, 0) is 9.59 Å². The summed E-state index contributed by atoms with van der Waals surface area (Å²) in [4.78, 5) is 33.9. The van der Waals surface area contributed by atoms with E-state index >= 15 is 0 Å². The molecule has 0 atom stereocenters. The Morgan fingerprint density at radius 3 is 2.36 bits per heavy atom. The van der Waals surface area contributed by atoms with Crippen molar-refractivity contribution in [2.45, 2.75) is 19.4 Å². The largest absolute Gasteiger partial charge is 0.494 e. The molecule has 4 rings (SSSR count). The number of fused-ring (bicyclic) bond motifs is 1. The Bertz CT molecular complexity index is 1460. The standard InChI is InChI=1S/C27H24BrClN4O3/c1-27(2,26(30)36)33(22(34)15-28)19-11-9-18(10-12-19)31-24(16-6-4-3-5-7-16)23-20-13-8-17(29)14-21(20)32-25(23)35/h3-14,32,35H,15H2,1-2H3,(H2,30,36). The highest BCUT2D eigenvalue weighted by Gasteiger charge is 2.37. The number of aromatic nitrogens is 1. The Hall–Kier alpha value is -3.62. The number of nitrogens with one attached hydrogen (secondary N) is 1. The van der Waals surface area contributed by atoms with Crippen molar-refractivity contribution in [2.24, 2.45) is 10.7 Å². The number of nitrogens with two attached hydrogens (primary N) is 1. The van der Waals surface area contributed by atoms with Crippen LogP contribution in [0, 0.1) is 0 Å². The summed E-state index contributed by atoms with van der Waals surface area (Å²) >= 11 is 9.32. The monoisotopic (exact) mass is 566 g/mol. The molecule has 9 heteroatoms. The molecule has 0 aliphatic carbocycles. The molecule has 0 aliphatic heterocycles. The van der Waals surface area contributed by atoms with Crippen LogP contribution >= 0.6 is 27.5 Å². The highest BCUT2D eigenvalue weighted by atomic mass is 79.9. The number of aliphatic imine (C=N–C) groups is 1. The molecule has 1 heterocycles. The summed E-state index contributed by atoms with van der Waals surface area (Å²) in [6.45, 7) is 3.20. The molecule has 7 nitrogen and oxygen atoms in total. The van der Waals surface area contributed by atoms with Crippen molar-refractivity contribution in [3.63, 3.8) is 0 Å². The second kappa shape index (κ2) is 10.2. The minimum atomic E-state index is -1.23. The van der Waals surface area contributed by atoms with Gasteiger partial charge in [0, 0.05) is 21.7 Å². The summed E-state index contributed by atoms with van der Waals surface area (Å²) in [5.74, 6) is -0.952. The van der Waals surface area contributed by atoms with Crippen LogP contribution in [0.1, 0.15) is 25.0 Å². The van der Waals surface area contributed by atoms with E-state index < -0.39 is 11.4 Å². The van der Waals surface area contributed by atoms with Gasteiger partial charge in [0.2, 0.25) is 11.8 Å². The van der Waals surface area contributed by atoms with E-state index in [-0.39, 0.29) is 17.1 Å². The number of benzene rings is 3. The van der Waals surface area contributed by atoms with E-state index in [0.29, 0.717) is 33.2 Å². The molecule has 0 saturated carbocycles. The van der Waals surface area contributed by atoms with Crippen molar-refractivity contribution in [1.29, 1.82) is 0 Å². The first-order valence-corrected chi connectivity index (χ1v) is 12.6. The number of hydrogen-bond donors (Lipinski definition) is 3. The SMILES string of the molecule is CC(C)(C(N)=O)N(C(=O)CBr)c1ccc(N=C(c2ccccc2)c2c(O)[nH]c3cc(Cl)ccc23)cc1. The number of aromatic hydroxyl groups is 1. The number of aromatic amines is 1. The molecule has 0 aliphatic rings. The fourth-order valence-corrected chi connectivity index (χ4v) is 4.43. The van der Waals surface area contributed by atoms with Gasteiger partial charge in [0.1, 0.15) is 5.54 Å². The first-order valence-electron chi connectivity index (χ1n) is 11.1. The Labute approximate surface area is 221 Å². The summed E-state index contributed by atoms with van der Waals surface area (Å²) in [5, 5.41) is 12.2. The lowest BCUT2D eigenvalue weighted by Crippen LogP contribution is -2.56. The zero-order chi connectivity index (χ0) is 26.0. The number of rotatable bonds is 7. The van der Waals surface area contributed by atoms with Crippen LogP contribution in [0.15, 0.2) is 77.8 Å². The van der Waals surface area contributed by atoms with E-state index in [2.05, 4.69) is 20.9 Å². The molecule has 0 bridgehead atoms. The molecule has 0 radical (unpaired) electrons. The van der Waals surface area contributed by atoms with Crippen molar-refractivity contribution < 1.29 is 14.7 Å². The van der Waals surface area contributed by atoms with Crippen molar-refractivity contribution in [3.05, 3.63) is 88.9 Å². The molecule has 0 fully saturated rings. The normalized spacial score (nSPS) is 12.1. The highest BCUT2D eigenvalue weighted by Crippen LogP contribution is 2.33. The zero-order valence-electron chi connectivity index (χ0n) is 19.6. The molecule has 3 aromatic carbocycles. The van der Waals surface area contributed by atoms with Crippen LogP contribution < -0.4 is 10.6 Å². The fourth-order valence-electron chi connectivity index (χ4n) is 4.01. The maximum atomic E-state index is 12.7. The van der Waals surface area contributed by atoms with Gasteiger partial charge in [0.25, 0.3) is 0 Å². The van der Waals surface area contributed by atoms with E-state index in [1.54, 1.807) is 50.2 Å². The van der Waals surface area contributed by atoms with E-state index in [1.165, 1.54) is 4.90 Å². The summed E-state index contributed by atoms with van der Waals surface area (Å²) in [6.07, 6.45) is 0. The maximum absolute atomic E-state index is 12.7. The molecular weight excluding hydrogens is 544 g/mol. The quantitative estimate of drug-likeness (QED) is 0.197. The van der Waals surface area contributed by atoms with Crippen molar-refractivity contribution >= 4 is 67.3 Å². The number of alkyl halides is 1. The number of anilines is 1. The second-order valence-corrected chi connectivity index (χ2v) is 9.66. The first kappa shape index (κ1) is 25.5. The van der Waals surface area contributed by atoms with Crippen molar-refractivity contribution in [3.8, 4) is 5.88 Å². The number of H-pyrrole nitrogens is 1. The van der Waals surface area contributed by atoms with Crippen LogP contribution in [-0.4, -0.2) is 38.5 Å². The zero-order valence-corrected chi connectivity index (χ0v) is 22.0. The van der Waals surface area contributed by atoms with Crippen LogP contribution in [0.3, 0.4) is 0 Å². The van der Waals surface area contributed by atoms with Gasteiger partial charge in [-0.25, -0.2) is 4.99 Å². The molecule has 0 spiro atoms. The molecular formula is C27H24BrClN4O3. The van der Waals surface area contributed by atoms with Crippen LogP contribution in [0.2, 0.25) is 5.02 Å². The van der Waals surface area contributed by atoms with Crippen LogP contribution in [0.5, 0.6) is 5.88 Å². The van der Waals surface area contributed by atoms with Crippen molar-refractivity contribution in [1.82, 2.24) is 4.98 Å². The summed E-state index contributed by atoms with van der Waals surface area (Å²) in [6, 6.07) is 21.8. The molecule has 4 N–H and O–H groups in total. The average Bonchev–Trinajstić information content (AvgIpc) is 3.18. The van der Waals surface area contributed by atoms with Gasteiger partial charge >= 0.3 is 0 Å². The third-order valence-electron chi connectivity index (χ3n) is 5.90. The van der Waals surface area contributed by atoms with Gasteiger partial charge in [-0.3, -0.25) is 14.5 Å². The van der Waals surface area contributed by atoms with Crippen LogP contribution in [0.25, 0.3) is 10.9 Å². The summed E-state index contributed by atoms with van der Waals surface area (Å²) in [7, 11) is 0. The molecule has 4 aromatic rings. The van der Waals surface area contributed by atoms with E-state index in [1.807, 2.05) is 36.4 Å².